The molecule has 2 aliphatic rings. The summed E-state index contributed by atoms with van der Waals surface area (Å²) in [5, 5.41) is 10.0. The van der Waals surface area contributed by atoms with E-state index in [1.165, 1.54) is 18.1 Å². The lowest BCUT2D eigenvalue weighted by atomic mass is 9.97. The molecule has 2 heterocycles. The second kappa shape index (κ2) is 10.7. The van der Waals surface area contributed by atoms with Gasteiger partial charge in [-0.1, -0.05) is 13.0 Å². The minimum absolute atomic E-state index is 0.0865. The van der Waals surface area contributed by atoms with E-state index in [2.05, 4.69) is 11.8 Å². The molecule has 3 atom stereocenters. The van der Waals surface area contributed by atoms with Gasteiger partial charge in [-0.05, 0) is 37.0 Å². The molecule has 0 aliphatic carbocycles. The van der Waals surface area contributed by atoms with Crippen LogP contribution in [0.3, 0.4) is 0 Å². The van der Waals surface area contributed by atoms with Crippen LogP contribution in [0, 0.1) is 5.92 Å². The summed E-state index contributed by atoms with van der Waals surface area (Å²) < 4.78 is 44.3. The lowest BCUT2D eigenvalue weighted by molar-refractivity contribution is -0.153. The highest BCUT2D eigenvalue weighted by Crippen LogP contribution is 2.32. The van der Waals surface area contributed by atoms with E-state index >= 15 is 0 Å². The molecule has 1 amide bonds. The van der Waals surface area contributed by atoms with E-state index in [9.17, 15) is 27.9 Å². The highest BCUT2D eigenvalue weighted by atomic mass is 19.4. The third kappa shape index (κ3) is 6.60. The Balaban J connectivity index is 1.70. The number of carbonyl (C=O) groups excluding carboxylic acids is 2. The number of hydrogen-bond acceptors (Lipinski definition) is 6. The Morgan fingerprint density at radius 1 is 1.24 bits per heavy atom. The van der Waals surface area contributed by atoms with Crippen molar-refractivity contribution in [1.82, 2.24) is 9.80 Å². The van der Waals surface area contributed by atoms with Crippen LogP contribution in [0.4, 0.5) is 18.9 Å². The van der Waals surface area contributed by atoms with Crippen LogP contribution in [0.15, 0.2) is 24.3 Å². The second-order valence-electron chi connectivity index (χ2n) is 8.95. The number of β-amino-alcohol motifs (C(OH)–C–C–N with tert-alkyl or cyclic N) is 1. The van der Waals surface area contributed by atoms with Gasteiger partial charge in [-0.15, -0.1) is 0 Å². The number of nitrogens with zero attached hydrogens (tertiary/aromatic N) is 3. The van der Waals surface area contributed by atoms with Gasteiger partial charge in [-0.2, -0.15) is 13.2 Å². The molecule has 0 spiro atoms. The molecule has 0 unspecified atom stereocenters. The van der Waals surface area contributed by atoms with E-state index < -0.39 is 29.9 Å². The predicted octanol–water partition coefficient (Wildman–Crippen LogP) is 2.38. The lowest BCUT2D eigenvalue weighted by Crippen LogP contribution is -2.49. The first-order valence-electron chi connectivity index (χ1n) is 11.3. The molecule has 2 fully saturated rings. The van der Waals surface area contributed by atoms with Crippen LogP contribution in [0.5, 0.6) is 0 Å². The standard InChI is InChI=1S/C23H32F3N3O4/c1-16-12-19(30)15-27(14-16)8-6-20(22(32)33-2)29-11-10-28(9-7-21(29)31)18-5-3-4-17(13-18)23(24,25)26/h3-5,13,16,19-20,30H,6-12,14-15H2,1-2H3/t16-,19-,20-/m0/s1. The molecule has 10 heteroatoms. The summed E-state index contributed by atoms with van der Waals surface area (Å²) in [6.45, 7) is 4.70. The first-order chi connectivity index (χ1) is 15.6. The van der Waals surface area contributed by atoms with Crippen molar-refractivity contribution in [2.75, 3.05) is 51.3 Å². The smallest absolute Gasteiger partial charge is 0.416 e. The predicted molar refractivity (Wildman–Crippen MR) is 117 cm³/mol. The maximum absolute atomic E-state index is 13.1. The molecule has 1 N–H and O–H groups in total. The Labute approximate surface area is 192 Å². The minimum Gasteiger partial charge on any atom is -0.467 e. The quantitative estimate of drug-likeness (QED) is 0.643. The zero-order valence-electron chi connectivity index (χ0n) is 19.1. The van der Waals surface area contributed by atoms with Crippen molar-refractivity contribution in [2.24, 2.45) is 5.92 Å². The van der Waals surface area contributed by atoms with Gasteiger partial charge in [0.25, 0.3) is 0 Å². The van der Waals surface area contributed by atoms with Crippen molar-refractivity contribution < 1.29 is 32.6 Å². The first kappa shape index (κ1) is 25.3. The van der Waals surface area contributed by atoms with Gasteiger partial charge in [-0.3, -0.25) is 4.79 Å². The molecule has 7 nitrogen and oxygen atoms in total. The van der Waals surface area contributed by atoms with Gasteiger partial charge in [0.1, 0.15) is 6.04 Å². The average molecular weight is 472 g/mol. The van der Waals surface area contributed by atoms with Gasteiger partial charge in [0.2, 0.25) is 5.91 Å². The highest BCUT2D eigenvalue weighted by Gasteiger charge is 2.35. The van der Waals surface area contributed by atoms with Gasteiger partial charge >= 0.3 is 12.1 Å². The number of likely N-dealkylation sites (tertiary alicyclic amines) is 1. The number of benzene rings is 1. The third-order valence-corrected chi connectivity index (χ3v) is 6.35. The molecule has 0 bridgehead atoms. The van der Waals surface area contributed by atoms with Gasteiger partial charge in [0, 0.05) is 51.4 Å². The zero-order chi connectivity index (χ0) is 24.2. The molecule has 33 heavy (non-hydrogen) atoms. The average Bonchev–Trinajstić information content (AvgIpc) is 2.94. The fraction of sp³-hybridized carbons (Fsp3) is 0.652. The van der Waals surface area contributed by atoms with Gasteiger partial charge in [0.15, 0.2) is 0 Å². The molecule has 2 aliphatic heterocycles. The summed E-state index contributed by atoms with van der Waals surface area (Å²) in [4.78, 5) is 30.8. The van der Waals surface area contributed by atoms with E-state index in [1.807, 2.05) is 0 Å². The molecule has 184 valence electrons. The van der Waals surface area contributed by atoms with E-state index in [0.29, 0.717) is 37.7 Å². The Kier molecular flexibility index (Phi) is 8.23. The van der Waals surface area contributed by atoms with E-state index in [0.717, 1.165) is 25.1 Å². The molecular weight excluding hydrogens is 439 g/mol. The summed E-state index contributed by atoms with van der Waals surface area (Å²) in [7, 11) is 1.28. The number of anilines is 1. The second-order valence-corrected chi connectivity index (χ2v) is 8.95. The number of piperidine rings is 1. The molecule has 1 aromatic carbocycles. The summed E-state index contributed by atoms with van der Waals surface area (Å²) >= 11 is 0. The lowest BCUT2D eigenvalue weighted by Gasteiger charge is -2.36. The van der Waals surface area contributed by atoms with Crippen molar-refractivity contribution in [3.63, 3.8) is 0 Å². The molecule has 0 saturated carbocycles. The summed E-state index contributed by atoms with van der Waals surface area (Å²) in [5.41, 5.74) is -0.344. The van der Waals surface area contributed by atoms with E-state index in [4.69, 9.17) is 4.74 Å². The third-order valence-electron chi connectivity index (χ3n) is 6.35. The number of ether oxygens (including phenoxy) is 1. The Morgan fingerprint density at radius 3 is 2.67 bits per heavy atom. The Bertz CT molecular complexity index is 825. The summed E-state index contributed by atoms with van der Waals surface area (Å²) in [6.07, 6.45) is -3.66. The number of aliphatic hydroxyl groups is 1. The molecule has 3 rings (SSSR count). The molecule has 0 radical (unpaired) electrons. The number of alkyl halides is 3. The fourth-order valence-corrected chi connectivity index (χ4v) is 4.76. The largest absolute Gasteiger partial charge is 0.467 e. The number of methoxy groups -OCH3 is 1. The number of rotatable bonds is 6. The molecule has 1 aromatic rings. The number of hydrogen-bond donors (Lipinski definition) is 1. The Hall–Kier alpha value is -2.33. The van der Waals surface area contributed by atoms with Crippen molar-refractivity contribution in [1.29, 1.82) is 0 Å². The van der Waals surface area contributed by atoms with Crippen LogP contribution >= 0.6 is 0 Å². The van der Waals surface area contributed by atoms with Gasteiger partial charge in [-0.25, -0.2) is 4.79 Å². The highest BCUT2D eigenvalue weighted by molar-refractivity contribution is 5.85. The van der Waals surface area contributed by atoms with Crippen LogP contribution in [-0.4, -0.2) is 85.3 Å². The van der Waals surface area contributed by atoms with Gasteiger partial charge < -0.3 is 24.5 Å². The van der Waals surface area contributed by atoms with Crippen LogP contribution in [0.25, 0.3) is 0 Å². The molecule has 0 aromatic heterocycles. The monoisotopic (exact) mass is 471 g/mol. The van der Waals surface area contributed by atoms with Crippen LogP contribution in [-0.2, 0) is 20.5 Å². The van der Waals surface area contributed by atoms with Crippen molar-refractivity contribution >= 4 is 17.6 Å². The zero-order valence-corrected chi connectivity index (χ0v) is 19.1. The molecule has 2 saturated heterocycles. The Morgan fingerprint density at radius 2 is 2.00 bits per heavy atom. The normalized spacial score (nSPS) is 23.9. The maximum atomic E-state index is 13.1. The van der Waals surface area contributed by atoms with E-state index in [1.54, 1.807) is 11.0 Å². The first-order valence-corrected chi connectivity index (χ1v) is 11.3. The number of amides is 1. The van der Waals surface area contributed by atoms with Gasteiger partial charge in [0.05, 0.1) is 18.8 Å². The van der Waals surface area contributed by atoms with Crippen LogP contribution < -0.4 is 4.90 Å². The van der Waals surface area contributed by atoms with Crippen molar-refractivity contribution in [2.45, 2.75) is 44.5 Å². The number of esters is 1. The fourth-order valence-electron chi connectivity index (χ4n) is 4.76. The number of carbonyl (C=O) groups is 2. The van der Waals surface area contributed by atoms with E-state index in [-0.39, 0.29) is 25.4 Å². The van der Waals surface area contributed by atoms with Crippen molar-refractivity contribution in [3.05, 3.63) is 29.8 Å². The van der Waals surface area contributed by atoms with Crippen LogP contribution in [0.2, 0.25) is 0 Å². The molecular formula is C23H32F3N3O4. The topological polar surface area (TPSA) is 73.3 Å². The van der Waals surface area contributed by atoms with Crippen molar-refractivity contribution in [3.8, 4) is 0 Å². The number of halogens is 3. The summed E-state index contributed by atoms with van der Waals surface area (Å²) in [6, 6.07) is 4.27. The maximum Gasteiger partial charge on any atom is 0.416 e. The summed E-state index contributed by atoms with van der Waals surface area (Å²) in [5.74, 6) is -0.403. The number of aliphatic hydroxyl groups excluding tert-OH is 1. The SMILES string of the molecule is COC(=O)[C@H](CCN1C[C@@H](C)C[C@H](O)C1)N1CCN(c2cccc(C(F)(F)F)c2)CCC1=O. The van der Waals surface area contributed by atoms with Crippen LogP contribution in [0.1, 0.15) is 31.7 Å². The minimum atomic E-state index is -4.45.